The van der Waals surface area contributed by atoms with Crippen LogP contribution >= 0.6 is 0 Å². The maximum Gasteiger partial charge on any atom is 0.586 e. The highest BCUT2D eigenvalue weighted by Crippen LogP contribution is 2.43. The predicted octanol–water partition coefficient (Wildman–Crippen LogP) is 6.02. The van der Waals surface area contributed by atoms with Gasteiger partial charge in [-0.15, -0.1) is 8.78 Å². The van der Waals surface area contributed by atoms with E-state index in [1.165, 1.54) is 40.1 Å². The summed E-state index contributed by atoms with van der Waals surface area (Å²) in [6.07, 6.45) is -8.39. The minimum absolute atomic E-state index is 0.00386. The molecule has 3 aliphatic rings. The first-order valence-corrected chi connectivity index (χ1v) is 14.0. The first-order valence-electron chi connectivity index (χ1n) is 14.0. The van der Waals surface area contributed by atoms with Gasteiger partial charge in [0.1, 0.15) is 17.7 Å². The molecule has 0 spiro atoms. The van der Waals surface area contributed by atoms with Crippen molar-refractivity contribution in [2.24, 2.45) is 5.92 Å². The zero-order valence-electron chi connectivity index (χ0n) is 23.3. The third kappa shape index (κ3) is 5.57. The fourth-order valence-corrected chi connectivity index (χ4v) is 5.73. The first kappa shape index (κ1) is 29.5. The molecule has 0 aliphatic carbocycles. The number of benzene rings is 2. The number of ether oxygens (including phenoxy) is 3. The summed E-state index contributed by atoms with van der Waals surface area (Å²) in [7, 11) is 0. The van der Waals surface area contributed by atoms with Crippen LogP contribution in [0.1, 0.15) is 49.1 Å². The monoisotopic (exact) mass is 622 g/mol. The average molecular weight is 623 g/mol. The predicted molar refractivity (Wildman–Crippen MR) is 143 cm³/mol. The third-order valence-corrected chi connectivity index (χ3v) is 7.90. The van der Waals surface area contributed by atoms with Crippen molar-refractivity contribution >= 4 is 17.8 Å². The van der Waals surface area contributed by atoms with Crippen LogP contribution in [0.3, 0.4) is 0 Å². The highest BCUT2D eigenvalue weighted by molar-refractivity contribution is 5.93. The normalized spacial score (nSPS) is 18.6. The number of carbonyl (C=O) groups is 2. The van der Waals surface area contributed by atoms with Gasteiger partial charge in [0.25, 0.3) is 0 Å². The number of carboxylic acids is 1. The van der Waals surface area contributed by atoms with E-state index in [0.29, 0.717) is 12.0 Å². The Hall–Kier alpha value is -4.56. The summed E-state index contributed by atoms with van der Waals surface area (Å²) in [6.45, 7) is 2.15. The lowest BCUT2D eigenvalue weighted by Crippen LogP contribution is -2.49. The Bertz CT molecular complexity index is 1600. The molecule has 3 aliphatic heterocycles. The molecule has 0 unspecified atom stereocenters. The number of carbonyl (C=O) groups excluding carboxylic acids is 1. The number of rotatable bonds is 5. The minimum atomic E-state index is -4.78. The molecule has 2 aromatic carbocycles. The maximum atomic E-state index is 14.2. The summed E-state index contributed by atoms with van der Waals surface area (Å²) in [5.41, 5.74) is -0.508. The van der Waals surface area contributed by atoms with Gasteiger partial charge in [0, 0.05) is 31.3 Å². The fourth-order valence-electron chi connectivity index (χ4n) is 5.73. The van der Waals surface area contributed by atoms with Crippen LogP contribution in [0.25, 0.3) is 5.69 Å². The Morgan fingerprint density at radius 2 is 1.80 bits per heavy atom. The highest BCUT2D eigenvalue weighted by atomic mass is 19.4. The molecule has 3 aromatic rings. The second kappa shape index (κ2) is 10.9. The van der Waals surface area contributed by atoms with Crippen molar-refractivity contribution in [1.82, 2.24) is 14.7 Å². The standard InChI is InChI=1S/C29H27F5N4O6/c1-16(18-7-8-22-23(14-18)44-29(33,34)43-22)42-20-5-2-4-19(15-20)38-25-21(24(35-38)28(30,31)32)6-3-11-37(25)27(41)36-12-9-17(10-13-36)26(39)40/h2,4-5,7-8,14-17H,3,6,9-13H2,1H3,(H,39,40)/t16-/m0/s1. The molecule has 0 saturated carbocycles. The Balaban J connectivity index is 1.30. The zero-order valence-corrected chi connectivity index (χ0v) is 23.3. The number of nitrogens with zero attached hydrogens (tertiary/aromatic N) is 4. The van der Waals surface area contributed by atoms with E-state index >= 15 is 0 Å². The zero-order chi connectivity index (χ0) is 31.4. The number of urea groups is 1. The summed E-state index contributed by atoms with van der Waals surface area (Å²) in [4.78, 5) is 27.7. The molecular formula is C29H27F5N4O6. The number of piperidine rings is 1. The molecule has 4 heterocycles. The Labute approximate surface area is 247 Å². The van der Waals surface area contributed by atoms with E-state index in [1.807, 2.05) is 0 Å². The van der Waals surface area contributed by atoms with Gasteiger partial charge in [-0.05, 0) is 62.4 Å². The van der Waals surface area contributed by atoms with E-state index < -0.39 is 42.2 Å². The number of aromatic nitrogens is 2. The molecule has 1 saturated heterocycles. The average Bonchev–Trinajstić information content (AvgIpc) is 3.53. The van der Waals surface area contributed by atoms with Crippen molar-refractivity contribution in [2.45, 2.75) is 51.2 Å². The summed E-state index contributed by atoms with van der Waals surface area (Å²) < 4.78 is 85.4. The van der Waals surface area contributed by atoms with Crippen LogP contribution in [0, 0.1) is 5.92 Å². The number of alkyl halides is 5. The lowest BCUT2D eigenvalue weighted by molar-refractivity contribution is -0.286. The minimum Gasteiger partial charge on any atom is -0.486 e. The van der Waals surface area contributed by atoms with Crippen molar-refractivity contribution in [1.29, 1.82) is 0 Å². The number of fused-ring (bicyclic) bond motifs is 2. The van der Waals surface area contributed by atoms with Crippen molar-refractivity contribution in [2.75, 3.05) is 24.5 Å². The van der Waals surface area contributed by atoms with Gasteiger partial charge in [0.2, 0.25) is 0 Å². The SMILES string of the molecule is C[C@H](Oc1cccc(-n2nc(C(F)(F)F)c3c2N(C(=O)N2CCC(C(=O)O)CC2)CCC3)c1)c1ccc2c(c1)OC(F)(F)O2. The van der Waals surface area contributed by atoms with Crippen LogP contribution in [0.2, 0.25) is 0 Å². The second-order valence-electron chi connectivity index (χ2n) is 10.8. The van der Waals surface area contributed by atoms with Gasteiger partial charge < -0.3 is 24.2 Å². The molecule has 6 rings (SSSR count). The Morgan fingerprint density at radius 1 is 1.07 bits per heavy atom. The lowest BCUT2D eigenvalue weighted by Gasteiger charge is -2.36. The Morgan fingerprint density at radius 3 is 2.50 bits per heavy atom. The van der Waals surface area contributed by atoms with E-state index in [4.69, 9.17) is 4.74 Å². The van der Waals surface area contributed by atoms with Crippen molar-refractivity contribution in [3.05, 3.63) is 59.3 Å². The number of amides is 2. The van der Waals surface area contributed by atoms with E-state index in [0.717, 1.165) is 4.68 Å². The van der Waals surface area contributed by atoms with Crippen molar-refractivity contribution < 1.29 is 50.9 Å². The number of hydrogen-bond donors (Lipinski definition) is 1. The second-order valence-corrected chi connectivity index (χ2v) is 10.8. The molecule has 44 heavy (non-hydrogen) atoms. The van der Waals surface area contributed by atoms with Gasteiger partial charge in [-0.2, -0.15) is 18.3 Å². The van der Waals surface area contributed by atoms with E-state index in [2.05, 4.69) is 14.6 Å². The van der Waals surface area contributed by atoms with E-state index in [-0.39, 0.29) is 73.2 Å². The number of likely N-dealkylation sites (tertiary alicyclic amines) is 1. The number of halogens is 5. The van der Waals surface area contributed by atoms with Gasteiger partial charge in [-0.3, -0.25) is 9.69 Å². The van der Waals surface area contributed by atoms with Crippen LogP contribution in [0.4, 0.5) is 32.6 Å². The molecule has 1 fully saturated rings. The van der Waals surface area contributed by atoms with Gasteiger partial charge in [0.15, 0.2) is 17.2 Å². The van der Waals surface area contributed by atoms with E-state index in [9.17, 15) is 36.6 Å². The molecule has 2 amide bonds. The molecule has 0 radical (unpaired) electrons. The molecule has 1 atom stereocenters. The van der Waals surface area contributed by atoms with E-state index in [1.54, 1.807) is 19.1 Å². The summed E-state index contributed by atoms with van der Waals surface area (Å²) in [5.74, 6) is -1.56. The quantitative estimate of drug-likeness (QED) is 0.347. The maximum absolute atomic E-state index is 14.2. The van der Waals surface area contributed by atoms with Crippen molar-refractivity contribution in [3.8, 4) is 22.9 Å². The number of aliphatic carboxylic acids is 1. The molecule has 10 nitrogen and oxygen atoms in total. The smallest absolute Gasteiger partial charge is 0.486 e. The lowest BCUT2D eigenvalue weighted by atomic mass is 9.97. The van der Waals surface area contributed by atoms with Crippen LogP contribution in [-0.2, 0) is 17.4 Å². The van der Waals surface area contributed by atoms with Gasteiger partial charge in [0.05, 0.1) is 11.6 Å². The van der Waals surface area contributed by atoms with Crippen molar-refractivity contribution in [3.63, 3.8) is 0 Å². The topological polar surface area (TPSA) is 106 Å². The highest BCUT2D eigenvalue weighted by Gasteiger charge is 2.44. The summed E-state index contributed by atoms with van der Waals surface area (Å²) in [6, 6.07) is 9.84. The summed E-state index contributed by atoms with van der Waals surface area (Å²) >= 11 is 0. The third-order valence-electron chi connectivity index (χ3n) is 7.90. The fraction of sp³-hybridized carbons (Fsp3) is 0.414. The molecule has 15 heteroatoms. The van der Waals surface area contributed by atoms with Crippen LogP contribution in [-0.4, -0.2) is 57.7 Å². The number of hydrogen-bond acceptors (Lipinski definition) is 6. The molecule has 0 bridgehead atoms. The molecule has 1 aromatic heterocycles. The van der Waals surface area contributed by atoms with Crippen LogP contribution < -0.4 is 19.1 Å². The number of carboxylic acid groups (broad SMARTS) is 1. The largest absolute Gasteiger partial charge is 0.586 e. The molecule has 234 valence electrons. The Kier molecular flexibility index (Phi) is 7.28. The molecule has 1 N–H and O–H groups in total. The van der Waals surface area contributed by atoms with Crippen LogP contribution in [0.15, 0.2) is 42.5 Å². The summed E-state index contributed by atoms with van der Waals surface area (Å²) in [5, 5.41) is 13.2. The van der Waals surface area contributed by atoms with Gasteiger partial charge >= 0.3 is 24.5 Å². The molecular weight excluding hydrogens is 595 g/mol. The number of anilines is 1. The van der Waals surface area contributed by atoms with Gasteiger partial charge in [-0.25, -0.2) is 9.48 Å². The first-order chi connectivity index (χ1) is 20.8. The van der Waals surface area contributed by atoms with Gasteiger partial charge in [-0.1, -0.05) is 12.1 Å². The van der Waals surface area contributed by atoms with Crippen LogP contribution in [0.5, 0.6) is 17.2 Å².